The predicted molar refractivity (Wildman–Crippen MR) is 115 cm³/mol. The quantitative estimate of drug-likeness (QED) is 0.588. The summed E-state index contributed by atoms with van der Waals surface area (Å²) < 4.78 is 16.4. The lowest BCUT2D eigenvalue weighted by Crippen LogP contribution is -2.62. The number of hydrogen-bond donors (Lipinski definition) is 1. The fraction of sp³-hybridized carbons (Fsp3) is 0.500. The molecule has 1 N–H and O–H groups in total. The summed E-state index contributed by atoms with van der Waals surface area (Å²) in [5, 5.41) is 3.57. The van der Waals surface area contributed by atoms with Gasteiger partial charge in [0.1, 0.15) is 11.9 Å². The van der Waals surface area contributed by atoms with Gasteiger partial charge in [0.15, 0.2) is 0 Å². The Morgan fingerprint density at radius 3 is 2.81 bits per heavy atom. The van der Waals surface area contributed by atoms with Gasteiger partial charge in [-0.15, -0.1) is 0 Å². The van der Waals surface area contributed by atoms with Crippen molar-refractivity contribution in [3.8, 4) is 5.75 Å². The van der Waals surface area contributed by atoms with Crippen LogP contribution in [0.4, 0.5) is 5.69 Å². The maximum Gasteiger partial charge on any atom is 0.335 e. The van der Waals surface area contributed by atoms with Crippen LogP contribution >= 0.6 is 0 Å². The van der Waals surface area contributed by atoms with Gasteiger partial charge in [-0.05, 0) is 31.4 Å². The maximum atomic E-state index is 13.0. The SMILES string of the molecule is COC(=O)C1=C2Nc3cc(OC)ccc3C23CCN2CC=CC(C(C)OC(C)=O)(C1)C23. The number of methoxy groups -OCH3 is 2. The number of esters is 2. The van der Waals surface area contributed by atoms with Crippen molar-refractivity contribution in [2.75, 3.05) is 32.6 Å². The second kappa shape index (κ2) is 6.85. The molecule has 0 saturated carbocycles. The van der Waals surface area contributed by atoms with Crippen LogP contribution in [0.25, 0.3) is 0 Å². The highest BCUT2D eigenvalue weighted by Crippen LogP contribution is 2.64. The molecule has 0 amide bonds. The number of carbonyl (C=O) groups is 2. The van der Waals surface area contributed by atoms with Crippen LogP contribution in [0.1, 0.15) is 32.3 Å². The zero-order valence-electron chi connectivity index (χ0n) is 18.4. The van der Waals surface area contributed by atoms with Crippen molar-refractivity contribution < 1.29 is 23.8 Å². The van der Waals surface area contributed by atoms with Gasteiger partial charge in [0.25, 0.3) is 0 Å². The number of rotatable bonds is 4. The highest BCUT2D eigenvalue weighted by molar-refractivity contribution is 5.93. The molecule has 164 valence electrons. The van der Waals surface area contributed by atoms with Gasteiger partial charge >= 0.3 is 11.9 Å². The monoisotopic (exact) mass is 424 g/mol. The topological polar surface area (TPSA) is 77.1 Å². The summed E-state index contributed by atoms with van der Waals surface area (Å²) in [6, 6.07) is 6.13. The summed E-state index contributed by atoms with van der Waals surface area (Å²) in [6.07, 6.45) is 5.24. The number of nitrogens with one attached hydrogen (secondary N) is 1. The van der Waals surface area contributed by atoms with Crippen molar-refractivity contribution in [2.45, 2.75) is 44.2 Å². The van der Waals surface area contributed by atoms with Crippen LogP contribution in [0.2, 0.25) is 0 Å². The van der Waals surface area contributed by atoms with Crippen LogP contribution in [0, 0.1) is 5.41 Å². The van der Waals surface area contributed by atoms with Crippen LogP contribution in [-0.4, -0.2) is 56.3 Å². The largest absolute Gasteiger partial charge is 0.497 e. The van der Waals surface area contributed by atoms with Crippen molar-refractivity contribution in [1.82, 2.24) is 4.90 Å². The summed E-state index contributed by atoms with van der Waals surface area (Å²) in [4.78, 5) is 27.4. The molecule has 1 aromatic rings. The lowest BCUT2D eigenvalue weighted by atomic mass is 9.54. The third-order valence-corrected chi connectivity index (χ3v) is 7.63. The van der Waals surface area contributed by atoms with Gasteiger partial charge in [0, 0.05) is 48.9 Å². The molecule has 1 saturated heterocycles. The summed E-state index contributed by atoms with van der Waals surface area (Å²) in [5.41, 5.74) is 2.74. The number of benzene rings is 1. The molecule has 1 aromatic carbocycles. The van der Waals surface area contributed by atoms with Crippen LogP contribution in [0.15, 0.2) is 41.6 Å². The van der Waals surface area contributed by atoms with Crippen molar-refractivity contribution >= 4 is 17.6 Å². The molecule has 7 nitrogen and oxygen atoms in total. The second-order valence-electron chi connectivity index (χ2n) is 8.94. The first kappa shape index (κ1) is 20.1. The summed E-state index contributed by atoms with van der Waals surface area (Å²) in [7, 11) is 3.07. The molecule has 1 fully saturated rings. The molecule has 0 bridgehead atoms. The molecule has 3 aliphatic heterocycles. The van der Waals surface area contributed by atoms with E-state index in [9.17, 15) is 9.59 Å². The van der Waals surface area contributed by atoms with E-state index >= 15 is 0 Å². The summed E-state index contributed by atoms with van der Waals surface area (Å²) in [6.45, 7) is 5.12. The minimum atomic E-state index is -0.531. The molecular weight excluding hydrogens is 396 g/mol. The highest BCUT2D eigenvalue weighted by atomic mass is 16.5. The average Bonchev–Trinajstić information content (AvgIpc) is 3.31. The van der Waals surface area contributed by atoms with E-state index in [2.05, 4.69) is 28.4 Å². The lowest BCUT2D eigenvalue weighted by molar-refractivity contribution is -0.154. The third-order valence-electron chi connectivity index (χ3n) is 7.63. The van der Waals surface area contributed by atoms with E-state index in [1.54, 1.807) is 7.11 Å². The van der Waals surface area contributed by atoms with Gasteiger partial charge in [-0.1, -0.05) is 18.2 Å². The number of nitrogens with zero attached hydrogens (tertiary/aromatic N) is 1. The number of hydrogen-bond acceptors (Lipinski definition) is 7. The molecule has 4 aliphatic rings. The fourth-order valence-electron chi connectivity index (χ4n) is 6.51. The minimum Gasteiger partial charge on any atom is -0.497 e. The van der Waals surface area contributed by atoms with E-state index in [0.29, 0.717) is 12.0 Å². The zero-order chi connectivity index (χ0) is 22.0. The number of ether oxygens (including phenoxy) is 3. The Morgan fingerprint density at radius 1 is 1.29 bits per heavy atom. The molecule has 3 heterocycles. The van der Waals surface area contributed by atoms with Crippen molar-refractivity contribution in [3.05, 3.63) is 47.2 Å². The number of fused-ring (bicyclic) bond motifs is 1. The molecule has 4 atom stereocenters. The predicted octanol–water partition coefficient (Wildman–Crippen LogP) is 2.77. The highest BCUT2D eigenvalue weighted by Gasteiger charge is 2.67. The fourth-order valence-corrected chi connectivity index (χ4v) is 6.51. The molecular formula is C24H28N2O5. The Labute approximate surface area is 182 Å². The van der Waals surface area contributed by atoms with Gasteiger partial charge < -0.3 is 19.5 Å². The molecule has 0 aromatic heterocycles. The summed E-state index contributed by atoms with van der Waals surface area (Å²) >= 11 is 0. The Hall–Kier alpha value is -2.80. The second-order valence-corrected chi connectivity index (χ2v) is 8.94. The Kier molecular flexibility index (Phi) is 4.45. The third kappa shape index (κ3) is 2.56. The van der Waals surface area contributed by atoms with Crippen LogP contribution in [0.3, 0.4) is 0 Å². The first-order valence-electron chi connectivity index (χ1n) is 10.7. The molecule has 1 aliphatic carbocycles. The normalized spacial score (nSPS) is 31.3. The first-order valence-corrected chi connectivity index (χ1v) is 10.7. The zero-order valence-corrected chi connectivity index (χ0v) is 18.4. The van der Waals surface area contributed by atoms with E-state index in [1.165, 1.54) is 14.0 Å². The van der Waals surface area contributed by atoms with Gasteiger partial charge in [-0.3, -0.25) is 9.69 Å². The maximum absolute atomic E-state index is 13.0. The average molecular weight is 424 g/mol. The van der Waals surface area contributed by atoms with Crippen LogP contribution in [-0.2, 0) is 24.5 Å². The van der Waals surface area contributed by atoms with E-state index in [-0.39, 0.29) is 18.0 Å². The van der Waals surface area contributed by atoms with E-state index in [0.717, 1.165) is 42.2 Å². The molecule has 31 heavy (non-hydrogen) atoms. The van der Waals surface area contributed by atoms with Crippen molar-refractivity contribution in [2.24, 2.45) is 5.41 Å². The molecule has 7 heteroatoms. The van der Waals surface area contributed by atoms with Crippen LogP contribution in [0.5, 0.6) is 5.75 Å². The van der Waals surface area contributed by atoms with Crippen LogP contribution < -0.4 is 10.1 Å². The van der Waals surface area contributed by atoms with Gasteiger partial charge in [0.05, 0.1) is 25.2 Å². The van der Waals surface area contributed by atoms with E-state index in [1.807, 2.05) is 19.1 Å². The molecule has 0 radical (unpaired) electrons. The smallest absolute Gasteiger partial charge is 0.335 e. The van der Waals surface area contributed by atoms with Gasteiger partial charge in [-0.2, -0.15) is 0 Å². The standard InChI is InChI=1S/C24H28N2O5/c1-14(31-15(2)27)23-8-5-10-26-11-9-24(22(23)26)18-7-6-16(29-3)12-19(18)25-20(24)17(13-23)21(28)30-4/h5-8,12,14,22,25H,9-11,13H2,1-4H3. The van der Waals surface area contributed by atoms with E-state index < -0.39 is 16.9 Å². The van der Waals surface area contributed by atoms with Crippen molar-refractivity contribution in [1.29, 1.82) is 0 Å². The number of anilines is 1. The summed E-state index contributed by atoms with van der Waals surface area (Å²) in [5.74, 6) is 0.106. The lowest BCUT2D eigenvalue weighted by Gasteiger charge is -2.55. The molecule has 4 unspecified atom stereocenters. The van der Waals surface area contributed by atoms with Gasteiger partial charge in [0.2, 0.25) is 0 Å². The van der Waals surface area contributed by atoms with Gasteiger partial charge in [-0.25, -0.2) is 4.79 Å². The minimum absolute atomic E-state index is 0.0601. The molecule has 1 spiro atoms. The van der Waals surface area contributed by atoms with Crippen molar-refractivity contribution in [3.63, 3.8) is 0 Å². The Morgan fingerprint density at radius 2 is 2.10 bits per heavy atom. The Bertz CT molecular complexity index is 1030. The van der Waals surface area contributed by atoms with E-state index in [4.69, 9.17) is 14.2 Å². The first-order chi connectivity index (χ1) is 14.9. The Balaban J connectivity index is 1.78. The number of carbonyl (C=O) groups excluding carboxylic acids is 2. The molecule has 5 rings (SSSR count).